The van der Waals surface area contributed by atoms with Crippen molar-refractivity contribution in [3.05, 3.63) is 83.1 Å². The molecule has 0 aliphatic rings. The number of amides is 2. The molecule has 158 valence electrons. The Hall–Kier alpha value is -3.39. The van der Waals surface area contributed by atoms with Crippen molar-refractivity contribution in [1.82, 2.24) is 9.88 Å². The molecule has 0 unspecified atom stereocenters. The van der Waals surface area contributed by atoms with Gasteiger partial charge >= 0.3 is 0 Å². The lowest BCUT2D eigenvalue weighted by molar-refractivity contribution is -0.135. The second-order valence-electron chi connectivity index (χ2n) is 6.93. The molecule has 2 amide bonds. The highest BCUT2D eigenvalue weighted by molar-refractivity contribution is 9.10. The van der Waals surface area contributed by atoms with Crippen molar-refractivity contribution in [2.75, 3.05) is 11.9 Å². The Morgan fingerprint density at radius 3 is 2.61 bits per heavy atom. The van der Waals surface area contributed by atoms with E-state index in [1.807, 2.05) is 42.5 Å². The van der Waals surface area contributed by atoms with Gasteiger partial charge in [0, 0.05) is 17.3 Å². The van der Waals surface area contributed by atoms with E-state index in [0.717, 1.165) is 9.99 Å². The van der Waals surface area contributed by atoms with Crippen LogP contribution in [0.15, 0.2) is 80.2 Å². The molecule has 0 aliphatic heterocycles. The number of nitrogens with zero attached hydrogens (tertiary/aromatic N) is 2. The molecule has 0 spiro atoms. The van der Waals surface area contributed by atoms with Gasteiger partial charge in [0.15, 0.2) is 11.5 Å². The van der Waals surface area contributed by atoms with Crippen LogP contribution in [0.2, 0.25) is 0 Å². The molecule has 0 radical (unpaired) electrons. The number of aromatic nitrogens is 1. The van der Waals surface area contributed by atoms with Crippen molar-refractivity contribution >= 4 is 44.5 Å². The van der Waals surface area contributed by atoms with E-state index >= 15 is 0 Å². The fourth-order valence-electron chi connectivity index (χ4n) is 3.15. The fourth-order valence-corrected chi connectivity index (χ4v) is 3.53. The van der Waals surface area contributed by atoms with Gasteiger partial charge in [-0.3, -0.25) is 9.59 Å². The summed E-state index contributed by atoms with van der Waals surface area (Å²) in [4.78, 5) is 31.4. The summed E-state index contributed by atoms with van der Waals surface area (Å²) < 4.78 is 11.8. The first kappa shape index (κ1) is 20.9. The average molecular weight is 482 g/mol. The Kier molecular flexibility index (Phi) is 6.47. The standard InChI is InChI=1S/C23H20BrN3O4/c24-17-7-1-2-8-18(17)25-21(28)15-27(14-16-6-5-13-30-16)23(29)12-11-22-26-19-9-3-4-10-20(19)31-22/h1-10,13H,11-12,14-15H2,(H,25,28). The van der Waals surface area contributed by atoms with Gasteiger partial charge in [0.05, 0.1) is 18.5 Å². The first-order valence-electron chi connectivity index (χ1n) is 9.77. The SMILES string of the molecule is O=C(CN(Cc1ccco1)C(=O)CCc1nc2ccccc2o1)Nc1ccccc1Br. The molecule has 0 bridgehead atoms. The summed E-state index contributed by atoms with van der Waals surface area (Å²) >= 11 is 3.41. The molecular formula is C23H20BrN3O4. The third kappa shape index (κ3) is 5.40. The van der Waals surface area contributed by atoms with Gasteiger partial charge in [-0.25, -0.2) is 4.98 Å². The molecular weight excluding hydrogens is 462 g/mol. The number of halogens is 1. The highest BCUT2D eigenvalue weighted by Crippen LogP contribution is 2.21. The van der Waals surface area contributed by atoms with Crippen LogP contribution < -0.4 is 5.32 Å². The second-order valence-corrected chi connectivity index (χ2v) is 7.79. The van der Waals surface area contributed by atoms with Crippen LogP contribution in [-0.4, -0.2) is 28.2 Å². The summed E-state index contributed by atoms with van der Waals surface area (Å²) in [6, 6.07) is 18.3. The summed E-state index contributed by atoms with van der Waals surface area (Å²) in [5.74, 6) is 0.601. The molecule has 1 N–H and O–H groups in total. The second kappa shape index (κ2) is 9.61. The lowest BCUT2D eigenvalue weighted by atomic mass is 10.2. The molecule has 2 aromatic carbocycles. The highest BCUT2D eigenvalue weighted by atomic mass is 79.9. The monoisotopic (exact) mass is 481 g/mol. The topological polar surface area (TPSA) is 88.6 Å². The lowest BCUT2D eigenvalue weighted by Crippen LogP contribution is -2.37. The Bertz CT molecular complexity index is 1150. The number of hydrogen-bond donors (Lipinski definition) is 1. The van der Waals surface area contributed by atoms with Crippen LogP contribution in [0.25, 0.3) is 11.1 Å². The van der Waals surface area contributed by atoms with E-state index in [0.29, 0.717) is 29.3 Å². The first-order valence-corrected chi connectivity index (χ1v) is 10.6. The Balaban J connectivity index is 1.42. The third-order valence-corrected chi connectivity index (χ3v) is 5.34. The van der Waals surface area contributed by atoms with Crippen molar-refractivity contribution < 1.29 is 18.4 Å². The van der Waals surface area contributed by atoms with Gasteiger partial charge in [-0.05, 0) is 52.3 Å². The molecule has 2 heterocycles. The number of benzene rings is 2. The zero-order valence-corrected chi connectivity index (χ0v) is 18.2. The van der Waals surface area contributed by atoms with Gasteiger partial charge in [0.25, 0.3) is 0 Å². The summed E-state index contributed by atoms with van der Waals surface area (Å²) in [6.45, 7) is 0.0944. The molecule has 31 heavy (non-hydrogen) atoms. The fraction of sp³-hybridized carbons (Fsp3) is 0.174. The van der Waals surface area contributed by atoms with Crippen LogP contribution in [0.3, 0.4) is 0 Å². The van der Waals surface area contributed by atoms with Gasteiger partial charge in [-0.15, -0.1) is 0 Å². The van der Waals surface area contributed by atoms with Crippen LogP contribution in [0.1, 0.15) is 18.1 Å². The van der Waals surface area contributed by atoms with Gasteiger partial charge in [-0.1, -0.05) is 24.3 Å². The average Bonchev–Trinajstić information content (AvgIpc) is 3.42. The maximum atomic E-state index is 12.9. The maximum Gasteiger partial charge on any atom is 0.244 e. The molecule has 0 atom stereocenters. The van der Waals surface area contributed by atoms with Crippen molar-refractivity contribution in [1.29, 1.82) is 0 Å². The zero-order valence-electron chi connectivity index (χ0n) is 16.6. The Labute approximate surface area is 187 Å². The van der Waals surface area contributed by atoms with E-state index in [-0.39, 0.29) is 31.3 Å². The van der Waals surface area contributed by atoms with Crippen molar-refractivity contribution in [2.45, 2.75) is 19.4 Å². The van der Waals surface area contributed by atoms with Gasteiger partial charge < -0.3 is 19.1 Å². The van der Waals surface area contributed by atoms with E-state index < -0.39 is 0 Å². The highest BCUT2D eigenvalue weighted by Gasteiger charge is 2.20. The molecule has 4 rings (SSSR count). The zero-order chi connectivity index (χ0) is 21.6. The van der Waals surface area contributed by atoms with Crippen molar-refractivity contribution in [3.8, 4) is 0 Å². The minimum Gasteiger partial charge on any atom is -0.467 e. The van der Waals surface area contributed by atoms with Gasteiger partial charge in [-0.2, -0.15) is 0 Å². The van der Waals surface area contributed by atoms with E-state index in [1.165, 1.54) is 11.2 Å². The molecule has 7 nitrogen and oxygen atoms in total. The number of carbonyl (C=O) groups is 2. The van der Waals surface area contributed by atoms with Crippen molar-refractivity contribution in [2.24, 2.45) is 0 Å². The van der Waals surface area contributed by atoms with E-state index in [2.05, 4.69) is 26.2 Å². The minimum atomic E-state index is -0.298. The largest absolute Gasteiger partial charge is 0.467 e. The molecule has 0 saturated heterocycles. The quantitative estimate of drug-likeness (QED) is 0.391. The van der Waals surface area contributed by atoms with Crippen LogP contribution in [-0.2, 0) is 22.6 Å². The molecule has 0 fully saturated rings. The third-order valence-electron chi connectivity index (χ3n) is 4.65. The molecule has 0 aliphatic carbocycles. The summed E-state index contributed by atoms with van der Waals surface area (Å²) in [7, 11) is 0. The number of para-hydroxylation sites is 3. The first-order chi connectivity index (χ1) is 15.1. The number of nitrogens with one attached hydrogen (secondary N) is 1. The van der Waals surface area contributed by atoms with Gasteiger partial charge in [0.2, 0.25) is 11.8 Å². The van der Waals surface area contributed by atoms with Crippen molar-refractivity contribution in [3.63, 3.8) is 0 Å². The van der Waals surface area contributed by atoms with E-state index in [4.69, 9.17) is 8.83 Å². The number of furan rings is 1. The van der Waals surface area contributed by atoms with E-state index in [1.54, 1.807) is 18.2 Å². The number of hydrogen-bond acceptors (Lipinski definition) is 5. The van der Waals surface area contributed by atoms with Crippen LogP contribution in [0.4, 0.5) is 5.69 Å². The van der Waals surface area contributed by atoms with Crippen LogP contribution in [0.5, 0.6) is 0 Å². The number of aryl methyl sites for hydroxylation is 1. The molecule has 8 heteroatoms. The molecule has 0 saturated carbocycles. The predicted octanol–water partition coefficient (Wildman–Crippen LogP) is 4.78. The molecule has 4 aromatic rings. The summed E-state index contributed by atoms with van der Waals surface area (Å²) in [6.07, 6.45) is 2.04. The maximum absolute atomic E-state index is 12.9. The molecule has 2 aromatic heterocycles. The number of oxazole rings is 1. The Morgan fingerprint density at radius 2 is 1.84 bits per heavy atom. The number of rotatable bonds is 8. The van der Waals surface area contributed by atoms with Crippen LogP contribution in [0, 0.1) is 0 Å². The Morgan fingerprint density at radius 1 is 1.03 bits per heavy atom. The number of carbonyl (C=O) groups excluding carboxylic acids is 2. The normalized spacial score (nSPS) is 10.9. The predicted molar refractivity (Wildman–Crippen MR) is 119 cm³/mol. The smallest absolute Gasteiger partial charge is 0.244 e. The number of anilines is 1. The van der Waals surface area contributed by atoms with Crippen LogP contribution >= 0.6 is 15.9 Å². The summed E-state index contributed by atoms with van der Waals surface area (Å²) in [5, 5.41) is 2.83. The minimum absolute atomic E-state index is 0.103. The van der Waals surface area contributed by atoms with E-state index in [9.17, 15) is 9.59 Å². The summed E-state index contributed by atoms with van der Waals surface area (Å²) in [5.41, 5.74) is 2.08. The lowest BCUT2D eigenvalue weighted by Gasteiger charge is -2.21. The van der Waals surface area contributed by atoms with Gasteiger partial charge in [0.1, 0.15) is 17.8 Å². The number of fused-ring (bicyclic) bond motifs is 1.